The summed E-state index contributed by atoms with van der Waals surface area (Å²) in [6.45, 7) is 3.53. The number of hydrogen-bond acceptors (Lipinski definition) is 5. The second-order valence-corrected chi connectivity index (χ2v) is 6.86. The van der Waals surface area contributed by atoms with Crippen LogP contribution in [0.25, 0.3) is 0 Å². The quantitative estimate of drug-likeness (QED) is 0.730. The second kappa shape index (κ2) is 8.79. The number of amides is 1. The lowest BCUT2D eigenvalue weighted by Gasteiger charge is -2.36. The van der Waals surface area contributed by atoms with Crippen molar-refractivity contribution < 1.29 is 14.3 Å². The van der Waals surface area contributed by atoms with Crippen LogP contribution in [-0.2, 0) is 16.6 Å². The van der Waals surface area contributed by atoms with Gasteiger partial charge in [-0.25, -0.2) is 9.67 Å². The van der Waals surface area contributed by atoms with Crippen LogP contribution in [0.1, 0.15) is 48.3 Å². The summed E-state index contributed by atoms with van der Waals surface area (Å²) in [6, 6.07) is 10.1. The van der Waals surface area contributed by atoms with Crippen LogP contribution in [0.5, 0.6) is 0 Å². The molecule has 1 aromatic carbocycles. The fourth-order valence-electron chi connectivity index (χ4n) is 3.79. The Morgan fingerprint density at radius 3 is 2.52 bits per heavy atom. The highest BCUT2D eigenvalue weighted by atomic mass is 16.5. The van der Waals surface area contributed by atoms with Gasteiger partial charge in [-0.2, -0.15) is 5.10 Å². The van der Waals surface area contributed by atoms with Gasteiger partial charge in [0.15, 0.2) is 0 Å². The third-order valence-corrected chi connectivity index (χ3v) is 5.22. The van der Waals surface area contributed by atoms with Crippen LogP contribution in [0, 0.1) is 5.92 Å². The van der Waals surface area contributed by atoms with E-state index in [1.807, 2.05) is 30.0 Å². The van der Waals surface area contributed by atoms with E-state index in [9.17, 15) is 9.59 Å². The van der Waals surface area contributed by atoms with Gasteiger partial charge in [-0.15, -0.1) is 0 Å². The number of esters is 1. The molecule has 0 saturated carbocycles. The van der Waals surface area contributed by atoms with Crippen molar-refractivity contribution in [3.8, 4) is 0 Å². The first kappa shape index (κ1) is 19.1. The lowest BCUT2D eigenvalue weighted by Crippen LogP contribution is -2.41. The number of likely N-dealkylation sites (tertiary alicyclic amines) is 1. The van der Waals surface area contributed by atoms with Crippen LogP contribution in [0.3, 0.4) is 0 Å². The number of aryl methyl sites for hydroxylation is 1. The molecule has 1 amide bonds. The molecule has 7 heteroatoms. The minimum atomic E-state index is -0.163. The van der Waals surface area contributed by atoms with Crippen LogP contribution >= 0.6 is 0 Å². The first-order valence-electron chi connectivity index (χ1n) is 9.44. The van der Waals surface area contributed by atoms with Crippen molar-refractivity contribution >= 4 is 11.9 Å². The van der Waals surface area contributed by atoms with Crippen LogP contribution in [-0.4, -0.2) is 51.2 Å². The van der Waals surface area contributed by atoms with Gasteiger partial charge in [-0.05, 0) is 37.2 Å². The van der Waals surface area contributed by atoms with Crippen molar-refractivity contribution in [3.63, 3.8) is 0 Å². The van der Waals surface area contributed by atoms with Gasteiger partial charge in [0, 0.05) is 20.1 Å². The van der Waals surface area contributed by atoms with Crippen molar-refractivity contribution in [2.24, 2.45) is 13.0 Å². The number of carbonyl (C=O) groups excluding carboxylic acids is 2. The Kier molecular flexibility index (Phi) is 6.21. The molecular weight excluding hydrogens is 344 g/mol. The molecule has 0 bridgehead atoms. The SMILES string of the molecule is CCOC(=O)CC(c1ccccc1)C1CCN(C(=O)c2ncnn2C)CC1. The molecule has 0 N–H and O–H groups in total. The summed E-state index contributed by atoms with van der Waals surface area (Å²) < 4.78 is 6.69. The molecule has 144 valence electrons. The molecule has 1 unspecified atom stereocenters. The third-order valence-electron chi connectivity index (χ3n) is 5.22. The Morgan fingerprint density at radius 2 is 1.93 bits per heavy atom. The Morgan fingerprint density at radius 1 is 1.22 bits per heavy atom. The molecular formula is C20H26N4O3. The van der Waals surface area contributed by atoms with E-state index >= 15 is 0 Å². The van der Waals surface area contributed by atoms with E-state index in [2.05, 4.69) is 22.2 Å². The predicted molar refractivity (Wildman–Crippen MR) is 100 cm³/mol. The Hall–Kier alpha value is -2.70. The number of aromatic nitrogens is 3. The molecule has 1 atom stereocenters. The molecule has 1 aliphatic heterocycles. The van der Waals surface area contributed by atoms with Gasteiger partial charge in [0.25, 0.3) is 5.91 Å². The van der Waals surface area contributed by atoms with Crippen LogP contribution in [0.4, 0.5) is 0 Å². The highest BCUT2D eigenvalue weighted by Crippen LogP contribution is 2.35. The van der Waals surface area contributed by atoms with Crippen molar-refractivity contribution in [1.82, 2.24) is 19.7 Å². The van der Waals surface area contributed by atoms with Crippen LogP contribution in [0.2, 0.25) is 0 Å². The maximum atomic E-state index is 12.6. The molecule has 27 heavy (non-hydrogen) atoms. The second-order valence-electron chi connectivity index (χ2n) is 6.86. The molecule has 3 rings (SSSR count). The Balaban J connectivity index is 1.68. The molecule has 7 nitrogen and oxygen atoms in total. The number of rotatable bonds is 6. The average molecular weight is 370 g/mol. The molecule has 1 saturated heterocycles. The van der Waals surface area contributed by atoms with Gasteiger partial charge in [0.2, 0.25) is 5.82 Å². The van der Waals surface area contributed by atoms with Crippen molar-refractivity contribution in [3.05, 3.63) is 48.0 Å². The molecule has 1 fully saturated rings. The molecule has 1 aliphatic rings. The largest absolute Gasteiger partial charge is 0.466 e. The average Bonchev–Trinajstić information content (AvgIpc) is 3.12. The maximum absolute atomic E-state index is 12.6. The number of ether oxygens (including phenoxy) is 1. The van der Waals surface area contributed by atoms with Gasteiger partial charge < -0.3 is 9.64 Å². The first-order valence-corrected chi connectivity index (χ1v) is 9.44. The van der Waals surface area contributed by atoms with Crippen molar-refractivity contribution in [2.75, 3.05) is 19.7 Å². The Labute approximate surface area is 159 Å². The highest BCUT2D eigenvalue weighted by molar-refractivity contribution is 5.90. The van der Waals surface area contributed by atoms with Gasteiger partial charge in [0.1, 0.15) is 6.33 Å². The van der Waals surface area contributed by atoms with Gasteiger partial charge in [-0.1, -0.05) is 30.3 Å². The Bertz CT molecular complexity index is 767. The lowest BCUT2D eigenvalue weighted by molar-refractivity contribution is -0.144. The molecule has 0 radical (unpaired) electrons. The number of piperidine rings is 1. The summed E-state index contributed by atoms with van der Waals surface area (Å²) >= 11 is 0. The van der Waals surface area contributed by atoms with Crippen molar-refractivity contribution in [1.29, 1.82) is 0 Å². The molecule has 2 heterocycles. The van der Waals surface area contributed by atoms with Crippen molar-refractivity contribution in [2.45, 2.75) is 32.1 Å². The van der Waals surface area contributed by atoms with E-state index in [1.54, 1.807) is 7.05 Å². The molecule has 2 aromatic rings. The highest BCUT2D eigenvalue weighted by Gasteiger charge is 2.32. The normalized spacial score (nSPS) is 16.1. The standard InChI is InChI=1S/C20H26N4O3/c1-3-27-18(25)13-17(15-7-5-4-6-8-15)16-9-11-24(12-10-16)20(26)19-21-14-22-23(19)2/h4-8,14,16-17H,3,9-13H2,1-2H3. The fraction of sp³-hybridized carbons (Fsp3) is 0.500. The number of benzene rings is 1. The van der Waals surface area contributed by atoms with Gasteiger partial charge in [-0.3, -0.25) is 9.59 Å². The zero-order valence-electron chi connectivity index (χ0n) is 15.9. The summed E-state index contributed by atoms with van der Waals surface area (Å²) in [7, 11) is 1.72. The topological polar surface area (TPSA) is 77.3 Å². The van der Waals surface area contributed by atoms with E-state index in [0.717, 1.165) is 18.4 Å². The van der Waals surface area contributed by atoms with Gasteiger partial charge in [0.05, 0.1) is 13.0 Å². The number of nitrogens with zero attached hydrogens (tertiary/aromatic N) is 4. The summed E-state index contributed by atoms with van der Waals surface area (Å²) in [5, 5.41) is 3.97. The zero-order valence-corrected chi connectivity index (χ0v) is 15.9. The number of hydrogen-bond donors (Lipinski definition) is 0. The predicted octanol–water partition coefficient (Wildman–Crippen LogP) is 2.40. The van der Waals surface area contributed by atoms with Gasteiger partial charge >= 0.3 is 5.97 Å². The maximum Gasteiger partial charge on any atom is 0.306 e. The van der Waals surface area contributed by atoms with Crippen LogP contribution < -0.4 is 0 Å². The van der Waals surface area contributed by atoms with E-state index in [1.165, 1.54) is 11.0 Å². The first-order chi connectivity index (χ1) is 13.1. The molecule has 0 spiro atoms. The number of carbonyl (C=O) groups is 2. The summed E-state index contributed by atoms with van der Waals surface area (Å²) in [6.07, 6.45) is 3.47. The van der Waals surface area contributed by atoms with E-state index in [4.69, 9.17) is 4.74 Å². The van der Waals surface area contributed by atoms with E-state index in [-0.39, 0.29) is 17.8 Å². The van der Waals surface area contributed by atoms with E-state index < -0.39 is 0 Å². The smallest absolute Gasteiger partial charge is 0.306 e. The molecule has 0 aliphatic carbocycles. The fourth-order valence-corrected chi connectivity index (χ4v) is 3.79. The molecule has 1 aromatic heterocycles. The summed E-state index contributed by atoms with van der Waals surface area (Å²) in [4.78, 5) is 30.6. The minimum absolute atomic E-state index is 0.0879. The van der Waals surface area contributed by atoms with E-state index in [0.29, 0.717) is 37.9 Å². The third kappa shape index (κ3) is 4.53. The monoisotopic (exact) mass is 370 g/mol. The van der Waals surface area contributed by atoms with Crippen LogP contribution in [0.15, 0.2) is 36.7 Å². The summed E-state index contributed by atoms with van der Waals surface area (Å²) in [5.41, 5.74) is 1.16. The lowest BCUT2D eigenvalue weighted by atomic mass is 9.78. The summed E-state index contributed by atoms with van der Waals surface area (Å²) in [5.74, 6) is 0.552. The minimum Gasteiger partial charge on any atom is -0.466 e. The zero-order chi connectivity index (χ0) is 19.2.